The van der Waals surface area contributed by atoms with E-state index in [-0.39, 0.29) is 0 Å². The van der Waals surface area contributed by atoms with Crippen molar-refractivity contribution in [2.24, 2.45) is 0 Å². The molecule has 0 aromatic heterocycles. The normalized spacial score (nSPS) is 9.60. The van der Waals surface area contributed by atoms with E-state index in [9.17, 15) is 0 Å². The maximum absolute atomic E-state index is 5.43. The van der Waals surface area contributed by atoms with Gasteiger partial charge in [-0.3, -0.25) is 0 Å². The van der Waals surface area contributed by atoms with Crippen molar-refractivity contribution >= 4 is 45.5 Å². The van der Waals surface area contributed by atoms with E-state index in [0.717, 1.165) is 0 Å². The van der Waals surface area contributed by atoms with Gasteiger partial charge >= 0.3 is 0 Å². The molecule has 0 aliphatic carbocycles. The highest BCUT2D eigenvalue weighted by atomic mass is 14.7. The van der Waals surface area contributed by atoms with Crippen molar-refractivity contribution in [3.8, 4) is 0 Å². The Morgan fingerprint density at radius 2 is 0.400 bits per heavy atom. The fourth-order valence-corrected chi connectivity index (χ4v) is 1.34. The molecule has 0 bridgehead atoms. The Morgan fingerprint density at radius 1 is 0.300 bits per heavy atom. The Labute approximate surface area is 116 Å². The van der Waals surface area contributed by atoms with Crippen LogP contribution in [-0.4, -0.2) is 0 Å². The summed E-state index contributed by atoms with van der Waals surface area (Å²) in [4.78, 5) is 0. The van der Waals surface area contributed by atoms with Crippen LogP contribution in [0.3, 0.4) is 0 Å². The molecule has 0 unspecified atom stereocenters. The van der Waals surface area contributed by atoms with Crippen molar-refractivity contribution in [2.45, 2.75) is 0 Å². The number of nitrogens with two attached hydrogens (primary N) is 8. The van der Waals surface area contributed by atoms with E-state index in [1.54, 1.807) is 24.3 Å². The lowest BCUT2D eigenvalue weighted by Crippen LogP contribution is -2.00. The number of anilines is 8. The first-order valence-electron chi connectivity index (χ1n) is 5.62. The van der Waals surface area contributed by atoms with Crippen LogP contribution in [0, 0.1) is 0 Å². The van der Waals surface area contributed by atoms with Crippen LogP contribution < -0.4 is 45.9 Å². The number of hydrogen-bond acceptors (Lipinski definition) is 8. The first-order valence-corrected chi connectivity index (χ1v) is 5.62. The molecule has 0 aliphatic rings. The molecule has 8 heteroatoms. The molecule has 20 heavy (non-hydrogen) atoms. The predicted molar refractivity (Wildman–Crippen MR) is 88.2 cm³/mol. The second-order valence-electron chi connectivity index (χ2n) is 4.22. The second-order valence-corrected chi connectivity index (χ2v) is 4.22. The van der Waals surface area contributed by atoms with Gasteiger partial charge in [0.1, 0.15) is 0 Å². The van der Waals surface area contributed by atoms with Crippen LogP contribution in [-0.2, 0) is 0 Å². The van der Waals surface area contributed by atoms with E-state index in [4.69, 9.17) is 45.9 Å². The standard InChI is InChI=1S/2C6H10N4/c2*7-3-1-4(8)6(10)2-5(3)9/h2*1-2H,7-10H2. The van der Waals surface area contributed by atoms with Gasteiger partial charge in [-0.2, -0.15) is 0 Å². The molecule has 2 rings (SSSR count). The molecule has 0 aliphatic heterocycles. The predicted octanol–water partition coefficient (Wildman–Crippen LogP) is 0.0308. The molecule has 0 atom stereocenters. The zero-order chi connectivity index (χ0) is 15.4. The Bertz CT molecular complexity index is 467. The zero-order valence-corrected chi connectivity index (χ0v) is 10.9. The van der Waals surface area contributed by atoms with Gasteiger partial charge in [-0.1, -0.05) is 0 Å². The average Bonchev–Trinajstić information content (AvgIpc) is 2.35. The molecule has 8 nitrogen and oxygen atoms in total. The Hall–Kier alpha value is -3.16. The fourth-order valence-electron chi connectivity index (χ4n) is 1.34. The largest absolute Gasteiger partial charge is 0.397 e. The van der Waals surface area contributed by atoms with Gasteiger partial charge in [0.25, 0.3) is 0 Å². The lowest BCUT2D eigenvalue weighted by atomic mass is 10.2. The van der Waals surface area contributed by atoms with Crippen molar-refractivity contribution in [3.63, 3.8) is 0 Å². The van der Waals surface area contributed by atoms with E-state index in [2.05, 4.69) is 0 Å². The van der Waals surface area contributed by atoms with Gasteiger partial charge in [-0.15, -0.1) is 0 Å². The number of nitrogen functional groups attached to an aromatic ring is 8. The summed E-state index contributed by atoms with van der Waals surface area (Å²) in [6.07, 6.45) is 0. The summed E-state index contributed by atoms with van der Waals surface area (Å²) in [6, 6.07) is 6.19. The Balaban J connectivity index is 0.000000200. The van der Waals surface area contributed by atoms with E-state index in [1.807, 2.05) is 0 Å². The topological polar surface area (TPSA) is 208 Å². The van der Waals surface area contributed by atoms with Crippen LogP contribution in [0.5, 0.6) is 0 Å². The van der Waals surface area contributed by atoms with Gasteiger partial charge in [0.2, 0.25) is 0 Å². The van der Waals surface area contributed by atoms with Crippen molar-refractivity contribution in [1.29, 1.82) is 0 Å². The minimum absolute atomic E-state index is 0.465. The van der Waals surface area contributed by atoms with Gasteiger partial charge in [0.05, 0.1) is 45.5 Å². The quantitative estimate of drug-likeness (QED) is 0.307. The number of hydrogen-bond donors (Lipinski definition) is 8. The van der Waals surface area contributed by atoms with Gasteiger partial charge < -0.3 is 45.9 Å². The monoisotopic (exact) mass is 276 g/mol. The zero-order valence-electron chi connectivity index (χ0n) is 10.9. The Morgan fingerprint density at radius 3 is 0.500 bits per heavy atom. The molecule has 2 aromatic carbocycles. The summed E-state index contributed by atoms with van der Waals surface area (Å²) in [7, 11) is 0. The summed E-state index contributed by atoms with van der Waals surface area (Å²) >= 11 is 0. The van der Waals surface area contributed by atoms with Crippen LogP contribution in [0.25, 0.3) is 0 Å². The highest BCUT2D eigenvalue weighted by Crippen LogP contribution is 2.24. The molecule has 0 radical (unpaired) electrons. The van der Waals surface area contributed by atoms with Crippen LogP contribution in [0.2, 0.25) is 0 Å². The third-order valence-corrected chi connectivity index (χ3v) is 2.58. The minimum Gasteiger partial charge on any atom is -0.397 e. The molecule has 0 heterocycles. The molecule has 0 saturated carbocycles. The second kappa shape index (κ2) is 5.65. The summed E-state index contributed by atoms with van der Waals surface area (Å²) in [5, 5.41) is 0. The summed E-state index contributed by atoms with van der Waals surface area (Å²) in [5.41, 5.74) is 47.1. The first kappa shape index (κ1) is 14.9. The summed E-state index contributed by atoms with van der Waals surface area (Å²) in [6.45, 7) is 0. The lowest BCUT2D eigenvalue weighted by Gasteiger charge is -2.03. The molecular weight excluding hydrogens is 256 g/mol. The molecule has 0 amide bonds. The molecule has 2 aromatic rings. The van der Waals surface area contributed by atoms with Gasteiger partial charge in [-0.25, -0.2) is 0 Å². The van der Waals surface area contributed by atoms with Crippen LogP contribution >= 0.6 is 0 Å². The van der Waals surface area contributed by atoms with Crippen molar-refractivity contribution < 1.29 is 0 Å². The maximum atomic E-state index is 5.43. The number of rotatable bonds is 0. The lowest BCUT2D eigenvalue weighted by molar-refractivity contribution is 1.64. The van der Waals surface area contributed by atoms with Crippen LogP contribution in [0.4, 0.5) is 45.5 Å². The molecule has 0 saturated heterocycles. The SMILES string of the molecule is Nc1cc(N)c(N)cc1N.Nc1cc(N)c(N)cc1N. The van der Waals surface area contributed by atoms with Gasteiger partial charge in [0.15, 0.2) is 0 Å². The highest BCUT2D eigenvalue weighted by Gasteiger charge is 1.98. The third kappa shape index (κ3) is 3.42. The van der Waals surface area contributed by atoms with E-state index in [0.29, 0.717) is 45.5 Å². The van der Waals surface area contributed by atoms with Crippen molar-refractivity contribution in [2.75, 3.05) is 45.9 Å². The van der Waals surface area contributed by atoms with Crippen LogP contribution in [0.1, 0.15) is 0 Å². The average molecular weight is 276 g/mol. The minimum atomic E-state index is 0.465. The van der Waals surface area contributed by atoms with E-state index < -0.39 is 0 Å². The van der Waals surface area contributed by atoms with Crippen molar-refractivity contribution in [1.82, 2.24) is 0 Å². The summed E-state index contributed by atoms with van der Waals surface area (Å²) < 4.78 is 0. The van der Waals surface area contributed by atoms with Crippen LogP contribution in [0.15, 0.2) is 24.3 Å². The molecule has 16 N–H and O–H groups in total. The number of benzene rings is 2. The Kier molecular flexibility index (Phi) is 4.21. The summed E-state index contributed by atoms with van der Waals surface area (Å²) in [5.74, 6) is 0. The fraction of sp³-hybridized carbons (Fsp3) is 0. The molecule has 0 spiro atoms. The van der Waals surface area contributed by atoms with E-state index >= 15 is 0 Å². The van der Waals surface area contributed by atoms with Gasteiger partial charge in [-0.05, 0) is 24.3 Å². The van der Waals surface area contributed by atoms with E-state index in [1.165, 1.54) is 0 Å². The first-order chi connectivity index (χ1) is 9.22. The smallest absolute Gasteiger partial charge is 0.0570 e. The maximum Gasteiger partial charge on any atom is 0.0570 e. The highest BCUT2D eigenvalue weighted by molar-refractivity contribution is 5.79. The third-order valence-electron chi connectivity index (χ3n) is 2.58. The molecule has 108 valence electrons. The van der Waals surface area contributed by atoms with Crippen molar-refractivity contribution in [3.05, 3.63) is 24.3 Å². The van der Waals surface area contributed by atoms with Gasteiger partial charge in [0, 0.05) is 0 Å². The molecular formula is C12H20N8. The molecule has 0 fully saturated rings.